The standard InChI is InChI=1S/C21H22N4O5/c1-6-30-21(27)18-12(2)19(23-13(18)3)20(26)15(11-22)9-14-7-8-16(24(4)5)17(10-14)25(28)29/h7-10,23H,6H2,1-5H3. The van der Waals surface area contributed by atoms with Crippen molar-refractivity contribution in [3.05, 3.63) is 62.0 Å². The summed E-state index contributed by atoms with van der Waals surface area (Å²) in [6.07, 6.45) is 1.29. The van der Waals surface area contributed by atoms with E-state index < -0.39 is 16.7 Å². The molecule has 9 nitrogen and oxygen atoms in total. The third kappa shape index (κ3) is 4.38. The van der Waals surface area contributed by atoms with Crippen LogP contribution in [0.15, 0.2) is 23.8 Å². The van der Waals surface area contributed by atoms with E-state index in [1.54, 1.807) is 51.9 Å². The molecule has 0 bridgehead atoms. The molecule has 1 N–H and O–H groups in total. The molecular weight excluding hydrogens is 388 g/mol. The number of anilines is 1. The summed E-state index contributed by atoms with van der Waals surface area (Å²) in [4.78, 5) is 40.4. The highest BCUT2D eigenvalue weighted by molar-refractivity contribution is 6.15. The number of nitro benzene ring substituents is 1. The minimum atomic E-state index is -0.618. The monoisotopic (exact) mass is 410 g/mol. The zero-order valence-corrected chi connectivity index (χ0v) is 17.4. The molecule has 2 aromatic rings. The molecule has 0 radical (unpaired) electrons. The van der Waals surface area contributed by atoms with E-state index in [-0.39, 0.29) is 29.1 Å². The third-order valence-electron chi connectivity index (χ3n) is 4.50. The van der Waals surface area contributed by atoms with Crippen LogP contribution in [0.4, 0.5) is 11.4 Å². The molecule has 0 atom stereocenters. The number of nitriles is 1. The number of nitro groups is 1. The smallest absolute Gasteiger partial charge is 0.340 e. The van der Waals surface area contributed by atoms with E-state index >= 15 is 0 Å². The molecule has 0 saturated heterocycles. The number of Topliss-reactive ketones (excluding diaryl/α,β-unsaturated/α-hetero) is 1. The van der Waals surface area contributed by atoms with Gasteiger partial charge in [-0.2, -0.15) is 5.26 Å². The highest BCUT2D eigenvalue weighted by Crippen LogP contribution is 2.29. The Balaban J connectivity index is 2.50. The maximum atomic E-state index is 12.9. The van der Waals surface area contributed by atoms with E-state index in [0.717, 1.165) is 0 Å². The average molecular weight is 410 g/mol. The maximum absolute atomic E-state index is 12.9. The molecular formula is C21H22N4O5. The molecule has 1 aromatic heterocycles. The summed E-state index contributed by atoms with van der Waals surface area (Å²) in [6, 6.07) is 6.28. The van der Waals surface area contributed by atoms with Gasteiger partial charge in [0.2, 0.25) is 5.78 Å². The number of allylic oxidation sites excluding steroid dienone is 1. The Morgan fingerprint density at radius 2 is 2.00 bits per heavy atom. The van der Waals surface area contributed by atoms with Crippen LogP contribution in [-0.2, 0) is 4.74 Å². The predicted octanol–water partition coefficient (Wildman–Crippen LogP) is 3.57. The quantitative estimate of drug-likeness (QED) is 0.184. The number of carbonyl (C=O) groups is 2. The number of aromatic amines is 1. The zero-order chi connectivity index (χ0) is 22.6. The molecule has 0 aliphatic heterocycles. The van der Waals surface area contributed by atoms with Crippen molar-refractivity contribution in [1.82, 2.24) is 4.98 Å². The molecule has 0 spiro atoms. The first-order valence-electron chi connectivity index (χ1n) is 9.10. The van der Waals surface area contributed by atoms with Gasteiger partial charge in [-0.1, -0.05) is 6.07 Å². The van der Waals surface area contributed by atoms with Crippen LogP contribution in [0.25, 0.3) is 6.08 Å². The fourth-order valence-electron chi connectivity index (χ4n) is 3.09. The molecule has 0 fully saturated rings. The van der Waals surface area contributed by atoms with Crippen LogP contribution in [0.5, 0.6) is 0 Å². The Bertz CT molecular complexity index is 1090. The zero-order valence-electron chi connectivity index (χ0n) is 17.4. The fraction of sp³-hybridized carbons (Fsp3) is 0.286. The minimum Gasteiger partial charge on any atom is -0.462 e. The summed E-state index contributed by atoms with van der Waals surface area (Å²) >= 11 is 0. The molecule has 0 saturated carbocycles. The predicted molar refractivity (Wildman–Crippen MR) is 112 cm³/mol. The van der Waals surface area contributed by atoms with E-state index in [1.807, 2.05) is 6.07 Å². The van der Waals surface area contributed by atoms with Crippen molar-refractivity contribution in [3.63, 3.8) is 0 Å². The summed E-state index contributed by atoms with van der Waals surface area (Å²) in [7, 11) is 3.36. The lowest BCUT2D eigenvalue weighted by Gasteiger charge is -2.12. The highest BCUT2D eigenvalue weighted by Gasteiger charge is 2.25. The summed E-state index contributed by atoms with van der Waals surface area (Å²) in [5, 5.41) is 20.9. The van der Waals surface area contributed by atoms with Gasteiger partial charge in [-0.3, -0.25) is 14.9 Å². The van der Waals surface area contributed by atoms with Crippen LogP contribution < -0.4 is 4.90 Å². The molecule has 1 aromatic carbocycles. The molecule has 30 heavy (non-hydrogen) atoms. The number of rotatable bonds is 7. The third-order valence-corrected chi connectivity index (χ3v) is 4.50. The lowest BCUT2D eigenvalue weighted by Crippen LogP contribution is -2.11. The first kappa shape index (κ1) is 22.4. The lowest BCUT2D eigenvalue weighted by molar-refractivity contribution is -0.384. The number of benzene rings is 1. The molecule has 0 unspecified atom stereocenters. The Labute approximate surface area is 173 Å². The highest BCUT2D eigenvalue weighted by atomic mass is 16.6. The summed E-state index contributed by atoms with van der Waals surface area (Å²) < 4.78 is 5.01. The second kappa shape index (κ2) is 9.05. The molecule has 1 heterocycles. The van der Waals surface area contributed by atoms with Crippen LogP contribution >= 0.6 is 0 Å². The number of aryl methyl sites for hydroxylation is 1. The Morgan fingerprint density at radius 3 is 2.53 bits per heavy atom. The second-order valence-electron chi connectivity index (χ2n) is 6.74. The van der Waals surface area contributed by atoms with E-state index in [9.17, 15) is 25.0 Å². The van der Waals surface area contributed by atoms with E-state index in [2.05, 4.69) is 4.98 Å². The van der Waals surface area contributed by atoms with Crippen molar-refractivity contribution in [2.24, 2.45) is 0 Å². The molecule has 2 rings (SSSR count). The van der Waals surface area contributed by atoms with E-state index in [0.29, 0.717) is 22.5 Å². The number of esters is 1. The molecule has 9 heteroatoms. The van der Waals surface area contributed by atoms with Crippen molar-refractivity contribution in [3.8, 4) is 6.07 Å². The molecule has 0 aliphatic rings. The number of nitrogens with zero attached hydrogens (tertiary/aromatic N) is 3. The van der Waals surface area contributed by atoms with Gasteiger partial charge in [0.25, 0.3) is 5.69 Å². The summed E-state index contributed by atoms with van der Waals surface area (Å²) in [5.41, 5.74) is 1.56. The number of hydrogen-bond donors (Lipinski definition) is 1. The molecule has 0 aliphatic carbocycles. The van der Waals surface area contributed by atoms with Gasteiger partial charge >= 0.3 is 5.97 Å². The maximum Gasteiger partial charge on any atom is 0.340 e. The van der Waals surface area contributed by atoms with Gasteiger partial charge in [0, 0.05) is 25.9 Å². The normalized spacial score (nSPS) is 11.0. The van der Waals surface area contributed by atoms with Crippen molar-refractivity contribution < 1.29 is 19.2 Å². The van der Waals surface area contributed by atoms with Gasteiger partial charge in [-0.15, -0.1) is 0 Å². The summed E-state index contributed by atoms with van der Waals surface area (Å²) in [5.74, 6) is -1.17. The van der Waals surface area contributed by atoms with E-state index in [4.69, 9.17) is 4.74 Å². The number of H-pyrrole nitrogens is 1. The van der Waals surface area contributed by atoms with Crippen molar-refractivity contribution in [2.45, 2.75) is 20.8 Å². The van der Waals surface area contributed by atoms with Crippen molar-refractivity contribution in [2.75, 3.05) is 25.6 Å². The Kier molecular flexibility index (Phi) is 6.74. The minimum absolute atomic E-state index is 0.0998. The van der Waals surface area contributed by atoms with Crippen LogP contribution in [0, 0.1) is 35.3 Å². The molecule has 156 valence electrons. The number of nitrogens with one attached hydrogen (secondary N) is 1. The fourth-order valence-corrected chi connectivity index (χ4v) is 3.09. The number of carbonyl (C=O) groups excluding carboxylic acids is 2. The second-order valence-corrected chi connectivity index (χ2v) is 6.74. The first-order valence-corrected chi connectivity index (χ1v) is 9.10. The lowest BCUT2D eigenvalue weighted by atomic mass is 10.0. The van der Waals surface area contributed by atoms with Gasteiger partial charge in [0.1, 0.15) is 17.3 Å². The summed E-state index contributed by atoms with van der Waals surface area (Å²) in [6.45, 7) is 5.10. The van der Waals surface area contributed by atoms with Gasteiger partial charge in [-0.25, -0.2) is 4.79 Å². The largest absolute Gasteiger partial charge is 0.462 e. The Morgan fingerprint density at radius 1 is 1.33 bits per heavy atom. The van der Waals surface area contributed by atoms with E-state index in [1.165, 1.54) is 12.1 Å². The van der Waals surface area contributed by atoms with Crippen molar-refractivity contribution >= 4 is 29.2 Å². The van der Waals surface area contributed by atoms with Gasteiger partial charge in [0.15, 0.2) is 0 Å². The Hall–Kier alpha value is -3.93. The van der Waals surface area contributed by atoms with Gasteiger partial charge < -0.3 is 14.6 Å². The van der Waals surface area contributed by atoms with Gasteiger partial charge in [0.05, 0.1) is 22.8 Å². The average Bonchev–Trinajstić information content (AvgIpc) is 2.99. The number of aromatic nitrogens is 1. The van der Waals surface area contributed by atoms with Crippen LogP contribution in [0.2, 0.25) is 0 Å². The topological polar surface area (TPSA) is 129 Å². The van der Waals surface area contributed by atoms with Crippen LogP contribution in [0.3, 0.4) is 0 Å². The first-order chi connectivity index (χ1) is 14.1. The van der Waals surface area contributed by atoms with Crippen molar-refractivity contribution in [1.29, 1.82) is 5.26 Å². The number of ketones is 1. The number of ether oxygens (including phenoxy) is 1. The van der Waals surface area contributed by atoms with Gasteiger partial charge in [-0.05, 0) is 44.0 Å². The molecule has 0 amide bonds. The van der Waals surface area contributed by atoms with Crippen LogP contribution in [0.1, 0.15) is 44.6 Å². The number of hydrogen-bond acceptors (Lipinski definition) is 7. The SMILES string of the molecule is CCOC(=O)c1c(C)[nH]c(C(=O)C(C#N)=Cc2ccc(N(C)C)c([N+](=O)[O-])c2)c1C. The van der Waals surface area contributed by atoms with Crippen LogP contribution in [-0.4, -0.2) is 42.4 Å².